The van der Waals surface area contributed by atoms with E-state index in [2.05, 4.69) is 16.9 Å². The SMILES string of the molecule is C=Cc1ccccc1-c1cc(NC(N)=O)ccn1. The number of anilines is 1. The predicted molar refractivity (Wildman–Crippen MR) is 73.0 cm³/mol. The molecule has 1 aromatic carbocycles. The van der Waals surface area contributed by atoms with Crippen LogP contribution in [0.3, 0.4) is 0 Å². The molecule has 0 radical (unpaired) electrons. The fraction of sp³-hybridized carbons (Fsp3) is 0. The molecule has 0 fully saturated rings. The normalized spacial score (nSPS) is 9.78. The molecule has 4 heteroatoms. The minimum atomic E-state index is -0.593. The van der Waals surface area contributed by atoms with Crippen molar-refractivity contribution >= 4 is 17.8 Å². The number of nitrogens with two attached hydrogens (primary N) is 1. The summed E-state index contributed by atoms with van der Waals surface area (Å²) < 4.78 is 0. The molecule has 0 saturated heterocycles. The average Bonchev–Trinajstić information content (AvgIpc) is 2.38. The van der Waals surface area contributed by atoms with E-state index in [4.69, 9.17) is 5.73 Å². The molecule has 0 bridgehead atoms. The number of urea groups is 1. The number of hydrogen-bond acceptors (Lipinski definition) is 2. The highest BCUT2D eigenvalue weighted by molar-refractivity contribution is 5.88. The van der Waals surface area contributed by atoms with Crippen molar-refractivity contribution in [3.8, 4) is 11.3 Å². The van der Waals surface area contributed by atoms with Gasteiger partial charge in [-0.3, -0.25) is 4.98 Å². The zero-order valence-electron chi connectivity index (χ0n) is 9.76. The quantitative estimate of drug-likeness (QED) is 0.864. The van der Waals surface area contributed by atoms with Gasteiger partial charge in [0, 0.05) is 17.4 Å². The minimum absolute atomic E-state index is 0.593. The summed E-state index contributed by atoms with van der Waals surface area (Å²) in [4.78, 5) is 15.1. The lowest BCUT2D eigenvalue weighted by molar-refractivity contribution is 0.259. The van der Waals surface area contributed by atoms with Crippen LogP contribution in [0.2, 0.25) is 0 Å². The number of rotatable bonds is 3. The Hall–Kier alpha value is -2.62. The molecule has 18 heavy (non-hydrogen) atoms. The van der Waals surface area contributed by atoms with Crippen molar-refractivity contribution in [1.29, 1.82) is 0 Å². The largest absolute Gasteiger partial charge is 0.351 e. The standard InChI is InChI=1S/C14H13N3O/c1-2-10-5-3-4-6-12(10)13-9-11(7-8-16-13)17-14(15)18/h2-9H,1H2,(H3,15,16,17,18). The van der Waals surface area contributed by atoms with Gasteiger partial charge in [-0.25, -0.2) is 4.79 Å². The number of hydrogen-bond donors (Lipinski definition) is 2. The zero-order valence-corrected chi connectivity index (χ0v) is 9.76. The van der Waals surface area contributed by atoms with Crippen LogP contribution in [0.4, 0.5) is 10.5 Å². The summed E-state index contributed by atoms with van der Waals surface area (Å²) in [6.07, 6.45) is 3.39. The Kier molecular flexibility index (Phi) is 3.38. The minimum Gasteiger partial charge on any atom is -0.351 e. The van der Waals surface area contributed by atoms with Crippen LogP contribution in [0.15, 0.2) is 49.2 Å². The molecule has 0 aliphatic rings. The third kappa shape index (κ3) is 2.55. The first kappa shape index (κ1) is 11.9. The van der Waals surface area contributed by atoms with Gasteiger partial charge in [0.1, 0.15) is 0 Å². The van der Waals surface area contributed by atoms with Gasteiger partial charge in [0.2, 0.25) is 0 Å². The van der Waals surface area contributed by atoms with Crippen LogP contribution in [0.25, 0.3) is 17.3 Å². The van der Waals surface area contributed by atoms with Crippen LogP contribution in [0.1, 0.15) is 5.56 Å². The molecule has 0 aliphatic carbocycles. The van der Waals surface area contributed by atoms with Gasteiger partial charge in [0.15, 0.2) is 0 Å². The van der Waals surface area contributed by atoms with E-state index < -0.39 is 6.03 Å². The molecule has 0 aliphatic heterocycles. The van der Waals surface area contributed by atoms with Gasteiger partial charge < -0.3 is 11.1 Å². The number of nitrogens with zero attached hydrogens (tertiary/aromatic N) is 1. The number of carbonyl (C=O) groups excluding carboxylic acids is 1. The molecule has 0 spiro atoms. The maximum absolute atomic E-state index is 10.8. The van der Waals surface area contributed by atoms with Crippen molar-refractivity contribution < 1.29 is 4.79 Å². The molecule has 2 aromatic rings. The van der Waals surface area contributed by atoms with Gasteiger partial charge in [0.25, 0.3) is 0 Å². The summed E-state index contributed by atoms with van der Waals surface area (Å²) in [5, 5.41) is 2.53. The van der Waals surface area contributed by atoms with Gasteiger partial charge in [-0.2, -0.15) is 0 Å². The number of pyridine rings is 1. The third-order valence-corrected chi connectivity index (χ3v) is 2.48. The number of primary amides is 1. The van der Waals surface area contributed by atoms with Crippen LogP contribution in [0, 0.1) is 0 Å². The first-order valence-corrected chi connectivity index (χ1v) is 5.45. The number of amides is 2. The highest BCUT2D eigenvalue weighted by atomic mass is 16.2. The molecule has 0 atom stereocenters. The molecule has 3 N–H and O–H groups in total. The highest BCUT2D eigenvalue weighted by Gasteiger charge is 2.05. The second-order valence-electron chi connectivity index (χ2n) is 3.71. The third-order valence-electron chi connectivity index (χ3n) is 2.48. The zero-order chi connectivity index (χ0) is 13.0. The lowest BCUT2D eigenvalue weighted by Gasteiger charge is -2.07. The summed E-state index contributed by atoms with van der Waals surface area (Å²) in [5.74, 6) is 0. The lowest BCUT2D eigenvalue weighted by Crippen LogP contribution is -2.19. The Labute approximate surface area is 105 Å². The van der Waals surface area contributed by atoms with Crippen LogP contribution in [-0.4, -0.2) is 11.0 Å². The summed E-state index contributed by atoms with van der Waals surface area (Å²) in [7, 11) is 0. The Morgan fingerprint density at radius 1 is 1.33 bits per heavy atom. The van der Waals surface area contributed by atoms with E-state index in [9.17, 15) is 4.79 Å². The Morgan fingerprint density at radius 2 is 2.11 bits per heavy atom. The summed E-state index contributed by atoms with van der Waals surface area (Å²) >= 11 is 0. The molecule has 2 amide bonds. The van der Waals surface area contributed by atoms with E-state index in [0.29, 0.717) is 5.69 Å². The van der Waals surface area contributed by atoms with E-state index in [1.807, 2.05) is 24.3 Å². The summed E-state index contributed by atoms with van der Waals surface area (Å²) in [6.45, 7) is 3.77. The molecule has 1 aromatic heterocycles. The molecular weight excluding hydrogens is 226 g/mol. The molecule has 4 nitrogen and oxygen atoms in total. The number of benzene rings is 1. The number of nitrogens with one attached hydrogen (secondary N) is 1. The van der Waals surface area contributed by atoms with Gasteiger partial charge >= 0.3 is 6.03 Å². The van der Waals surface area contributed by atoms with Crippen molar-refractivity contribution in [3.05, 3.63) is 54.7 Å². The predicted octanol–water partition coefficient (Wildman–Crippen LogP) is 2.88. The molecule has 0 saturated carbocycles. The fourth-order valence-electron chi connectivity index (χ4n) is 1.71. The maximum atomic E-state index is 10.8. The Morgan fingerprint density at radius 3 is 2.83 bits per heavy atom. The topological polar surface area (TPSA) is 68.0 Å². The lowest BCUT2D eigenvalue weighted by atomic mass is 10.0. The second kappa shape index (κ2) is 5.14. The summed E-state index contributed by atoms with van der Waals surface area (Å²) in [6, 6.07) is 10.6. The second-order valence-corrected chi connectivity index (χ2v) is 3.71. The fourth-order valence-corrected chi connectivity index (χ4v) is 1.71. The van der Waals surface area contributed by atoms with Crippen LogP contribution in [0.5, 0.6) is 0 Å². The Balaban J connectivity index is 2.44. The Bertz CT molecular complexity index is 593. The van der Waals surface area contributed by atoms with E-state index in [-0.39, 0.29) is 0 Å². The number of carbonyl (C=O) groups is 1. The molecule has 0 unspecified atom stereocenters. The molecule has 2 rings (SSSR count). The van der Waals surface area contributed by atoms with E-state index in [1.165, 1.54) is 0 Å². The van der Waals surface area contributed by atoms with Crippen molar-refractivity contribution in [3.63, 3.8) is 0 Å². The van der Waals surface area contributed by atoms with Crippen LogP contribution in [-0.2, 0) is 0 Å². The monoisotopic (exact) mass is 239 g/mol. The highest BCUT2D eigenvalue weighted by Crippen LogP contribution is 2.24. The molecular formula is C14H13N3O. The van der Waals surface area contributed by atoms with Gasteiger partial charge in [-0.05, 0) is 17.7 Å². The van der Waals surface area contributed by atoms with E-state index in [1.54, 1.807) is 24.4 Å². The van der Waals surface area contributed by atoms with E-state index in [0.717, 1.165) is 16.8 Å². The summed E-state index contributed by atoms with van der Waals surface area (Å²) in [5.41, 5.74) is 8.41. The van der Waals surface area contributed by atoms with Crippen molar-refractivity contribution in [2.75, 3.05) is 5.32 Å². The van der Waals surface area contributed by atoms with Crippen molar-refractivity contribution in [2.45, 2.75) is 0 Å². The van der Waals surface area contributed by atoms with Crippen LogP contribution >= 0.6 is 0 Å². The maximum Gasteiger partial charge on any atom is 0.316 e. The first-order chi connectivity index (χ1) is 8.70. The average molecular weight is 239 g/mol. The van der Waals surface area contributed by atoms with Crippen LogP contribution < -0.4 is 11.1 Å². The molecule has 90 valence electrons. The van der Waals surface area contributed by atoms with E-state index >= 15 is 0 Å². The van der Waals surface area contributed by atoms with Crippen molar-refractivity contribution in [2.24, 2.45) is 5.73 Å². The van der Waals surface area contributed by atoms with Crippen molar-refractivity contribution in [1.82, 2.24) is 4.98 Å². The van der Waals surface area contributed by atoms with Gasteiger partial charge in [-0.1, -0.05) is 36.9 Å². The smallest absolute Gasteiger partial charge is 0.316 e. The first-order valence-electron chi connectivity index (χ1n) is 5.45. The number of aromatic nitrogens is 1. The molecule has 1 heterocycles. The van der Waals surface area contributed by atoms with Gasteiger partial charge in [0.05, 0.1) is 5.69 Å². The van der Waals surface area contributed by atoms with Gasteiger partial charge in [-0.15, -0.1) is 0 Å².